The first-order valence-corrected chi connectivity index (χ1v) is 9.51. The second-order valence-electron chi connectivity index (χ2n) is 6.39. The highest BCUT2D eigenvalue weighted by molar-refractivity contribution is 8.14. The lowest BCUT2D eigenvalue weighted by molar-refractivity contribution is -0.127. The zero-order valence-electron chi connectivity index (χ0n) is 13.9. The molecule has 0 radical (unpaired) electrons. The SMILES string of the molecule is O=C(NC1CCCCC1N1C(=O)CSC1=O)c1cc(-c2ccco2)[nH]n1. The van der Waals surface area contributed by atoms with Crippen LogP contribution in [0.4, 0.5) is 4.79 Å². The third-order valence-electron chi connectivity index (χ3n) is 4.76. The van der Waals surface area contributed by atoms with Gasteiger partial charge in [0.05, 0.1) is 24.1 Å². The number of rotatable bonds is 4. The molecule has 2 atom stereocenters. The minimum absolute atomic E-state index is 0.175. The summed E-state index contributed by atoms with van der Waals surface area (Å²) in [5.41, 5.74) is 0.857. The number of carbonyl (C=O) groups excluding carboxylic acids is 3. The minimum Gasteiger partial charge on any atom is -0.463 e. The van der Waals surface area contributed by atoms with Crippen LogP contribution >= 0.6 is 11.8 Å². The monoisotopic (exact) mass is 374 g/mol. The second kappa shape index (κ2) is 6.99. The molecular weight excluding hydrogens is 356 g/mol. The summed E-state index contributed by atoms with van der Waals surface area (Å²) in [6, 6.07) is 4.60. The molecular formula is C17H18N4O4S. The van der Waals surface area contributed by atoms with E-state index in [0.717, 1.165) is 31.0 Å². The maximum Gasteiger partial charge on any atom is 0.289 e. The van der Waals surface area contributed by atoms with Gasteiger partial charge < -0.3 is 9.73 Å². The predicted molar refractivity (Wildman–Crippen MR) is 94.5 cm³/mol. The number of H-pyrrole nitrogens is 1. The van der Waals surface area contributed by atoms with Gasteiger partial charge in [-0.2, -0.15) is 5.10 Å². The number of nitrogens with one attached hydrogen (secondary N) is 2. The summed E-state index contributed by atoms with van der Waals surface area (Å²) in [5.74, 6) is 0.271. The first-order chi connectivity index (χ1) is 12.6. The number of thioether (sulfide) groups is 1. The van der Waals surface area contributed by atoms with Gasteiger partial charge in [0.2, 0.25) is 5.91 Å². The Hall–Kier alpha value is -2.55. The number of imide groups is 1. The molecule has 4 rings (SSSR count). The molecule has 3 amide bonds. The molecule has 2 N–H and O–H groups in total. The number of hydrogen-bond acceptors (Lipinski definition) is 6. The minimum atomic E-state index is -0.331. The van der Waals surface area contributed by atoms with Gasteiger partial charge in [0, 0.05) is 6.07 Å². The summed E-state index contributed by atoms with van der Waals surface area (Å²) < 4.78 is 5.28. The zero-order chi connectivity index (χ0) is 18.1. The Balaban J connectivity index is 1.48. The highest BCUT2D eigenvalue weighted by atomic mass is 32.2. The van der Waals surface area contributed by atoms with E-state index in [-0.39, 0.29) is 40.6 Å². The van der Waals surface area contributed by atoms with Crippen LogP contribution in [0.15, 0.2) is 28.9 Å². The maximum absolute atomic E-state index is 12.6. The molecule has 26 heavy (non-hydrogen) atoms. The summed E-state index contributed by atoms with van der Waals surface area (Å²) in [6.45, 7) is 0. The molecule has 8 nitrogen and oxygen atoms in total. The Morgan fingerprint density at radius 1 is 1.35 bits per heavy atom. The van der Waals surface area contributed by atoms with Crippen molar-refractivity contribution in [3.8, 4) is 11.5 Å². The van der Waals surface area contributed by atoms with E-state index in [0.29, 0.717) is 17.9 Å². The van der Waals surface area contributed by atoms with Gasteiger partial charge in [-0.3, -0.25) is 24.4 Å². The van der Waals surface area contributed by atoms with E-state index in [4.69, 9.17) is 4.42 Å². The predicted octanol–water partition coefficient (Wildman–Crippen LogP) is 2.41. The molecule has 0 aromatic carbocycles. The molecule has 136 valence electrons. The molecule has 2 aromatic rings. The van der Waals surface area contributed by atoms with Crippen LogP contribution in [0.5, 0.6) is 0 Å². The van der Waals surface area contributed by atoms with E-state index in [2.05, 4.69) is 15.5 Å². The Kier molecular flexibility index (Phi) is 4.54. The van der Waals surface area contributed by atoms with Gasteiger partial charge in [-0.25, -0.2) is 0 Å². The average Bonchev–Trinajstić information content (AvgIpc) is 3.37. The fourth-order valence-corrected chi connectivity index (χ4v) is 4.27. The van der Waals surface area contributed by atoms with Gasteiger partial charge in [-0.1, -0.05) is 24.6 Å². The van der Waals surface area contributed by atoms with Crippen LogP contribution < -0.4 is 5.32 Å². The van der Waals surface area contributed by atoms with E-state index in [1.807, 2.05) is 0 Å². The third-order valence-corrected chi connectivity index (χ3v) is 5.59. The first kappa shape index (κ1) is 16.9. The van der Waals surface area contributed by atoms with Crippen molar-refractivity contribution < 1.29 is 18.8 Å². The van der Waals surface area contributed by atoms with E-state index >= 15 is 0 Å². The lowest BCUT2D eigenvalue weighted by Crippen LogP contribution is -2.54. The van der Waals surface area contributed by atoms with Crippen molar-refractivity contribution >= 4 is 28.8 Å². The number of aromatic amines is 1. The molecule has 0 bridgehead atoms. The highest BCUT2D eigenvalue weighted by Gasteiger charge is 2.41. The van der Waals surface area contributed by atoms with Crippen molar-refractivity contribution in [2.75, 3.05) is 5.75 Å². The molecule has 1 saturated carbocycles. The van der Waals surface area contributed by atoms with Crippen molar-refractivity contribution in [1.82, 2.24) is 20.4 Å². The summed E-state index contributed by atoms with van der Waals surface area (Å²) in [6.07, 6.45) is 4.87. The van der Waals surface area contributed by atoms with Crippen LogP contribution in [0.3, 0.4) is 0 Å². The van der Waals surface area contributed by atoms with Crippen molar-refractivity contribution in [2.24, 2.45) is 0 Å². The van der Waals surface area contributed by atoms with Crippen molar-refractivity contribution in [3.63, 3.8) is 0 Å². The molecule has 1 aliphatic heterocycles. The molecule has 2 fully saturated rings. The molecule has 0 spiro atoms. The molecule has 1 aliphatic carbocycles. The first-order valence-electron chi connectivity index (χ1n) is 8.52. The maximum atomic E-state index is 12.6. The Bertz CT molecular complexity index is 816. The van der Waals surface area contributed by atoms with Gasteiger partial charge in [-0.15, -0.1) is 0 Å². The molecule has 2 unspecified atom stereocenters. The topological polar surface area (TPSA) is 108 Å². The van der Waals surface area contributed by atoms with Gasteiger partial charge in [-0.05, 0) is 25.0 Å². The van der Waals surface area contributed by atoms with Crippen molar-refractivity contribution in [2.45, 2.75) is 37.8 Å². The number of aromatic nitrogens is 2. The largest absolute Gasteiger partial charge is 0.463 e. The molecule has 2 aliphatic rings. The van der Waals surface area contributed by atoms with Crippen LogP contribution in [0, 0.1) is 0 Å². The van der Waals surface area contributed by atoms with Gasteiger partial charge >= 0.3 is 0 Å². The zero-order valence-corrected chi connectivity index (χ0v) is 14.8. The fourth-order valence-electron chi connectivity index (χ4n) is 3.51. The standard InChI is InChI=1S/C17H18N4O4S/c22-15-9-26-17(24)21(15)13-5-2-1-4-10(13)18-16(23)12-8-11(19-20-12)14-6-3-7-25-14/h3,6-8,10,13H,1-2,4-5,9H2,(H,18,23)(H,19,20). The Labute approximate surface area is 153 Å². The Morgan fingerprint density at radius 2 is 2.19 bits per heavy atom. The van der Waals surface area contributed by atoms with E-state index in [1.165, 1.54) is 4.90 Å². The highest BCUT2D eigenvalue weighted by Crippen LogP contribution is 2.30. The molecule has 9 heteroatoms. The molecule has 2 aromatic heterocycles. The lowest BCUT2D eigenvalue weighted by Gasteiger charge is -2.36. The van der Waals surface area contributed by atoms with E-state index < -0.39 is 0 Å². The fraction of sp³-hybridized carbons (Fsp3) is 0.412. The summed E-state index contributed by atoms with van der Waals surface area (Å²) >= 11 is 1.02. The molecule has 1 saturated heterocycles. The van der Waals surface area contributed by atoms with Gasteiger partial charge in [0.15, 0.2) is 11.5 Å². The van der Waals surface area contributed by atoms with Crippen molar-refractivity contribution in [1.29, 1.82) is 0 Å². The van der Waals surface area contributed by atoms with Crippen molar-refractivity contribution in [3.05, 3.63) is 30.2 Å². The summed E-state index contributed by atoms with van der Waals surface area (Å²) in [7, 11) is 0. The summed E-state index contributed by atoms with van der Waals surface area (Å²) in [5, 5.41) is 9.55. The van der Waals surface area contributed by atoms with E-state index in [1.54, 1.807) is 24.5 Å². The number of amides is 3. The van der Waals surface area contributed by atoms with Crippen LogP contribution in [0.2, 0.25) is 0 Å². The van der Waals surface area contributed by atoms with Crippen LogP contribution in [0.1, 0.15) is 36.2 Å². The second-order valence-corrected chi connectivity index (χ2v) is 7.32. The number of furan rings is 1. The normalized spacial score (nSPS) is 23.5. The van der Waals surface area contributed by atoms with Gasteiger partial charge in [0.1, 0.15) is 5.69 Å². The van der Waals surface area contributed by atoms with Crippen LogP contribution in [0.25, 0.3) is 11.5 Å². The number of carbonyl (C=O) groups is 3. The van der Waals surface area contributed by atoms with Crippen LogP contribution in [-0.4, -0.2) is 50.0 Å². The van der Waals surface area contributed by atoms with E-state index in [9.17, 15) is 14.4 Å². The third kappa shape index (κ3) is 3.14. The smallest absolute Gasteiger partial charge is 0.289 e. The van der Waals surface area contributed by atoms with Crippen LogP contribution in [-0.2, 0) is 4.79 Å². The van der Waals surface area contributed by atoms with Gasteiger partial charge in [0.25, 0.3) is 11.1 Å². The average molecular weight is 374 g/mol. The number of hydrogen-bond donors (Lipinski definition) is 2. The number of nitrogens with zero attached hydrogens (tertiary/aromatic N) is 2. The molecule has 3 heterocycles. The summed E-state index contributed by atoms with van der Waals surface area (Å²) in [4.78, 5) is 38.0. The lowest BCUT2D eigenvalue weighted by atomic mass is 9.89. The Morgan fingerprint density at radius 3 is 2.92 bits per heavy atom. The quantitative estimate of drug-likeness (QED) is 0.851.